The van der Waals surface area contributed by atoms with E-state index < -0.39 is 23.1 Å². The molecule has 0 aromatic heterocycles. The van der Waals surface area contributed by atoms with Gasteiger partial charge in [0.05, 0.1) is 6.54 Å². The number of nitrogens with zero attached hydrogens (tertiary/aromatic N) is 2. The zero-order valence-electron chi connectivity index (χ0n) is 10.7. The second kappa shape index (κ2) is 6.63. The topological polar surface area (TPSA) is 44.1 Å². The lowest BCUT2D eigenvalue weighted by Gasteiger charge is -2.15. The fourth-order valence-corrected chi connectivity index (χ4v) is 2.34. The predicted molar refractivity (Wildman–Crippen MR) is 81.0 cm³/mol. The number of nitriles is 1. The van der Waals surface area contributed by atoms with Crippen molar-refractivity contribution in [1.29, 1.82) is 5.26 Å². The summed E-state index contributed by atoms with van der Waals surface area (Å²) in [7, 11) is 0. The van der Waals surface area contributed by atoms with Crippen LogP contribution in [-0.2, 0) is 6.54 Å². The van der Waals surface area contributed by atoms with E-state index in [0.717, 1.165) is 32.2 Å². The first-order valence-electron chi connectivity index (χ1n) is 5.93. The van der Waals surface area contributed by atoms with E-state index in [0.29, 0.717) is 0 Å². The van der Waals surface area contributed by atoms with Crippen molar-refractivity contribution in [2.45, 2.75) is 6.54 Å². The van der Waals surface area contributed by atoms with Crippen molar-refractivity contribution in [3.8, 4) is 6.19 Å². The van der Waals surface area contributed by atoms with Gasteiger partial charge in [-0.15, -0.1) is 0 Å². The van der Waals surface area contributed by atoms with E-state index >= 15 is 0 Å². The van der Waals surface area contributed by atoms with E-state index in [9.17, 15) is 13.6 Å². The average molecular weight is 398 g/mol. The van der Waals surface area contributed by atoms with Crippen LogP contribution in [0.4, 0.5) is 8.78 Å². The molecule has 0 heterocycles. The number of carbonyl (C=O) groups is 1. The molecule has 0 radical (unpaired) electrons. The van der Waals surface area contributed by atoms with Crippen LogP contribution in [0.5, 0.6) is 0 Å². The monoisotopic (exact) mass is 398 g/mol. The van der Waals surface area contributed by atoms with Crippen LogP contribution in [0, 0.1) is 26.7 Å². The van der Waals surface area contributed by atoms with Crippen molar-refractivity contribution in [2.24, 2.45) is 0 Å². The molecule has 0 saturated heterocycles. The molecule has 2 aromatic carbocycles. The van der Waals surface area contributed by atoms with Crippen molar-refractivity contribution in [2.75, 3.05) is 0 Å². The summed E-state index contributed by atoms with van der Waals surface area (Å²) >= 11 is 2.07. The third-order valence-corrected chi connectivity index (χ3v) is 3.88. The molecule has 0 bridgehead atoms. The Balaban J connectivity index is 2.33. The maximum atomic E-state index is 13.6. The van der Waals surface area contributed by atoms with E-state index in [1.807, 2.05) is 12.1 Å². The van der Waals surface area contributed by atoms with Crippen LogP contribution in [0.15, 0.2) is 42.5 Å². The largest absolute Gasteiger partial charge is 0.273 e. The molecular weight excluding hydrogens is 389 g/mol. The van der Waals surface area contributed by atoms with Crippen LogP contribution >= 0.6 is 22.6 Å². The normalized spacial score (nSPS) is 10.0. The van der Waals surface area contributed by atoms with Crippen molar-refractivity contribution < 1.29 is 13.6 Å². The van der Waals surface area contributed by atoms with Crippen molar-refractivity contribution >= 4 is 28.5 Å². The molecule has 0 aliphatic heterocycles. The van der Waals surface area contributed by atoms with E-state index in [2.05, 4.69) is 22.6 Å². The first-order chi connectivity index (χ1) is 10.0. The van der Waals surface area contributed by atoms with Gasteiger partial charge < -0.3 is 0 Å². The molecule has 0 spiro atoms. The molecule has 0 aliphatic carbocycles. The summed E-state index contributed by atoms with van der Waals surface area (Å²) in [6, 6.07) is 10.3. The van der Waals surface area contributed by atoms with Crippen LogP contribution < -0.4 is 0 Å². The molecule has 0 atom stereocenters. The zero-order chi connectivity index (χ0) is 15.4. The fourth-order valence-electron chi connectivity index (χ4n) is 1.79. The van der Waals surface area contributed by atoms with Gasteiger partial charge in [-0.3, -0.25) is 4.79 Å². The van der Waals surface area contributed by atoms with Gasteiger partial charge >= 0.3 is 0 Å². The van der Waals surface area contributed by atoms with Crippen molar-refractivity contribution in [1.82, 2.24) is 4.90 Å². The first kappa shape index (κ1) is 15.4. The van der Waals surface area contributed by atoms with Gasteiger partial charge in [-0.2, -0.15) is 5.26 Å². The smallest absolute Gasteiger partial charge is 0.268 e. The number of benzene rings is 2. The van der Waals surface area contributed by atoms with E-state index in [-0.39, 0.29) is 6.54 Å². The highest BCUT2D eigenvalue weighted by atomic mass is 127. The standard InChI is InChI=1S/C15H9F2IN2O/c16-11-5-3-6-12(17)14(11)15(21)20(9-19)8-10-4-1-2-7-13(10)18/h1-7H,8H2. The average Bonchev–Trinajstić information content (AvgIpc) is 2.46. The maximum absolute atomic E-state index is 13.6. The number of amides is 1. The number of hydrogen-bond acceptors (Lipinski definition) is 2. The van der Waals surface area contributed by atoms with Crippen LogP contribution in [-0.4, -0.2) is 10.8 Å². The van der Waals surface area contributed by atoms with Crippen LogP contribution in [0.25, 0.3) is 0 Å². The molecule has 0 aliphatic rings. The van der Waals surface area contributed by atoms with Gasteiger partial charge in [-0.25, -0.2) is 13.7 Å². The third kappa shape index (κ3) is 3.36. The summed E-state index contributed by atoms with van der Waals surface area (Å²) in [5.41, 5.74) is 0.00902. The highest BCUT2D eigenvalue weighted by Crippen LogP contribution is 2.18. The summed E-state index contributed by atoms with van der Waals surface area (Å²) in [5, 5.41) is 9.10. The molecule has 0 fully saturated rings. The molecule has 21 heavy (non-hydrogen) atoms. The Labute approximate surface area is 133 Å². The Morgan fingerprint density at radius 2 is 1.76 bits per heavy atom. The van der Waals surface area contributed by atoms with Gasteiger partial charge in [0.1, 0.15) is 17.2 Å². The molecule has 0 N–H and O–H groups in total. The van der Waals surface area contributed by atoms with Crippen molar-refractivity contribution in [3.05, 3.63) is 68.8 Å². The van der Waals surface area contributed by atoms with Gasteiger partial charge in [-0.1, -0.05) is 24.3 Å². The number of halogens is 3. The van der Waals surface area contributed by atoms with E-state index in [1.165, 1.54) is 0 Å². The van der Waals surface area contributed by atoms with E-state index in [1.54, 1.807) is 18.3 Å². The Kier molecular flexibility index (Phi) is 4.85. The molecule has 0 saturated carbocycles. The lowest BCUT2D eigenvalue weighted by atomic mass is 10.1. The molecular formula is C15H9F2IN2O. The molecule has 1 amide bonds. The van der Waals surface area contributed by atoms with Gasteiger partial charge in [0.25, 0.3) is 5.91 Å². The van der Waals surface area contributed by atoms with Gasteiger partial charge in [0.15, 0.2) is 6.19 Å². The first-order valence-corrected chi connectivity index (χ1v) is 7.01. The summed E-state index contributed by atoms with van der Waals surface area (Å²) in [6.45, 7) is -0.0395. The highest BCUT2D eigenvalue weighted by molar-refractivity contribution is 14.1. The second-order valence-corrected chi connectivity index (χ2v) is 5.34. The minimum absolute atomic E-state index is 0.0395. The highest BCUT2D eigenvalue weighted by Gasteiger charge is 2.23. The molecule has 106 valence electrons. The van der Waals surface area contributed by atoms with Crippen LogP contribution in [0.1, 0.15) is 15.9 Å². The van der Waals surface area contributed by atoms with Gasteiger partial charge in [-0.05, 0) is 46.4 Å². The Morgan fingerprint density at radius 1 is 1.14 bits per heavy atom. The quantitative estimate of drug-likeness (QED) is 0.450. The van der Waals surface area contributed by atoms with Crippen LogP contribution in [0.3, 0.4) is 0 Å². The summed E-state index contributed by atoms with van der Waals surface area (Å²) < 4.78 is 28.1. The SMILES string of the molecule is N#CN(Cc1ccccc1I)C(=O)c1c(F)cccc1F. The van der Waals surface area contributed by atoms with Crippen LogP contribution in [0.2, 0.25) is 0 Å². The molecule has 6 heteroatoms. The third-order valence-electron chi connectivity index (χ3n) is 2.83. The summed E-state index contributed by atoms with van der Waals surface area (Å²) in [6.07, 6.45) is 1.68. The fraction of sp³-hybridized carbons (Fsp3) is 0.0667. The number of hydrogen-bond donors (Lipinski definition) is 0. The molecule has 3 nitrogen and oxygen atoms in total. The Morgan fingerprint density at radius 3 is 2.33 bits per heavy atom. The lowest BCUT2D eigenvalue weighted by Crippen LogP contribution is -2.27. The second-order valence-electron chi connectivity index (χ2n) is 4.18. The minimum Gasteiger partial charge on any atom is -0.268 e. The molecule has 2 rings (SSSR count). The number of rotatable bonds is 3. The molecule has 0 unspecified atom stereocenters. The molecule has 2 aromatic rings. The maximum Gasteiger partial charge on any atom is 0.273 e. The van der Waals surface area contributed by atoms with Crippen molar-refractivity contribution in [3.63, 3.8) is 0 Å². The summed E-state index contributed by atoms with van der Waals surface area (Å²) in [5.74, 6) is -2.96. The van der Waals surface area contributed by atoms with E-state index in [4.69, 9.17) is 5.26 Å². The Hall–Kier alpha value is -2.01. The van der Waals surface area contributed by atoms with Gasteiger partial charge in [0.2, 0.25) is 0 Å². The van der Waals surface area contributed by atoms with Gasteiger partial charge in [0, 0.05) is 3.57 Å². The predicted octanol–water partition coefficient (Wildman–Crippen LogP) is 3.69. The zero-order valence-corrected chi connectivity index (χ0v) is 12.8. The minimum atomic E-state index is -0.993. The number of carbonyl (C=O) groups excluding carboxylic acids is 1. The lowest BCUT2D eigenvalue weighted by molar-refractivity contribution is 0.0814. The summed E-state index contributed by atoms with van der Waals surface area (Å²) in [4.78, 5) is 12.9. The Bertz CT molecular complexity index is 708.